The molecule has 0 radical (unpaired) electrons. The molecule has 0 spiro atoms. The Kier molecular flexibility index (Phi) is 2.83. The van der Waals surface area contributed by atoms with Gasteiger partial charge in [0.15, 0.2) is 0 Å². The van der Waals surface area contributed by atoms with Gasteiger partial charge in [-0.3, -0.25) is 4.79 Å². The maximum atomic E-state index is 10.9. The topological polar surface area (TPSA) is 51.0 Å². The first-order chi connectivity index (χ1) is 5.15. The average molecular weight is 286 g/mol. The molecule has 1 unspecified atom stereocenters. The van der Waals surface area contributed by atoms with E-state index in [1.54, 1.807) is 0 Å². The van der Waals surface area contributed by atoms with E-state index in [-0.39, 0.29) is 17.1 Å². The monoisotopic (exact) mass is 286 g/mol. The lowest BCUT2D eigenvalue weighted by Crippen LogP contribution is -2.25. The van der Waals surface area contributed by atoms with E-state index < -0.39 is 3.92 Å². The minimum Gasteiger partial charge on any atom is -0.467 e. The third kappa shape index (κ3) is 1.90. The van der Waals surface area contributed by atoms with Gasteiger partial charge >= 0.3 is 6.02 Å². The molecule has 1 aliphatic heterocycles. The number of hydrogen-bond donors (Lipinski definition) is 0. The molecule has 0 saturated carbocycles. The van der Waals surface area contributed by atoms with E-state index >= 15 is 0 Å². The lowest BCUT2D eigenvalue weighted by Gasteiger charge is -2.09. The number of amidine groups is 1. The van der Waals surface area contributed by atoms with Gasteiger partial charge in [-0.25, -0.2) is 0 Å². The number of carbonyl (C=O) groups is 1. The highest BCUT2D eigenvalue weighted by molar-refractivity contribution is 14.1. The molecule has 6 heteroatoms. The van der Waals surface area contributed by atoms with Crippen LogP contribution in [0.15, 0.2) is 9.98 Å². The molecule has 1 aliphatic rings. The minimum atomic E-state index is -0.465. The number of nitrogens with zero attached hydrogens (tertiary/aromatic N) is 2. The number of ether oxygens (including phenoxy) is 1. The first-order valence-corrected chi connectivity index (χ1v) is 4.32. The molecule has 4 nitrogen and oxygen atoms in total. The second kappa shape index (κ2) is 3.48. The highest BCUT2D eigenvalue weighted by Gasteiger charge is 2.24. The van der Waals surface area contributed by atoms with Gasteiger partial charge in [0, 0.05) is 0 Å². The first kappa shape index (κ1) is 8.92. The van der Waals surface area contributed by atoms with E-state index in [1.165, 1.54) is 7.11 Å². The maximum absolute atomic E-state index is 10.9. The second-order valence-electron chi connectivity index (χ2n) is 1.73. The van der Waals surface area contributed by atoms with Crippen molar-refractivity contribution in [3.63, 3.8) is 0 Å². The number of aliphatic imine (C=N–C) groups is 2. The minimum absolute atomic E-state index is 0.0212. The van der Waals surface area contributed by atoms with E-state index in [9.17, 15) is 4.79 Å². The molecule has 0 saturated heterocycles. The lowest BCUT2D eigenvalue weighted by molar-refractivity contribution is -0.116. The molecule has 0 bridgehead atoms. The van der Waals surface area contributed by atoms with E-state index in [0.717, 1.165) is 0 Å². The molecule has 60 valence electrons. The summed E-state index contributed by atoms with van der Waals surface area (Å²) in [6.45, 7) is 0. The van der Waals surface area contributed by atoms with Crippen molar-refractivity contribution in [3.05, 3.63) is 0 Å². The molecule has 1 amide bonds. The van der Waals surface area contributed by atoms with Crippen molar-refractivity contribution in [1.29, 1.82) is 0 Å². The fourth-order valence-electron chi connectivity index (χ4n) is 0.517. The number of hydrogen-bond acceptors (Lipinski definition) is 3. The van der Waals surface area contributed by atoms with Crippen molar-refractivity contribution < 1.29 is 9.53 Å². The number of methoxy groups -OCH3 is 1. The fourth-order valence-corrected chi connectivity index (χ4v) is 0.961. The summed E-state index contributed by atoms with van der Waals surface area (Å²) < 4.78 is 4.17. The molecule has 0 aromatic rings. The smallest absolute Gasteiger partial charge is 0.320 e. The molecule has 0 N–H and O–H groups in total. The normalized spacial score (nSPS) is 24.3. The number of rotatable bonds is 0. The summed E-state index contributed by atoms with van der Waals surface area (Å²) in [5, 5.41) is 0.211. The van der Waals surface area contributed by atoms with Gasteiger partial charge in [0.2, 0.25) is 0 Å². The van der Waals surface area contributed by atoms with Crippen LogP contribution in [0, 0.1) is 0 Å². The van der Waals surface area contributed by atoms with Gasteiger partial charge < -0.3 is 4.74 Å². The van der Waals surface area contributed by atoms with Crippen molar-refractivity contribution in [2.75, 3.05) is 7.11 Å². The molecular formula is C5H4ClIN2O2. The zero-order valence-electron chi connectivity index (χ0n) is 5.54. The van der Waals surface area contributed by atoms with Gasteiger partial charge in [-0.05, 0) is 0 Å². The highest BCUT2D eigenvalue weighted by Crippen LogP contribution is 2.13. The van der Waals surface area contributed by atoms with Crippen molar-refractivity contribution in [3.8, 4) is 0 Å². The molecular weight excluding hydrogens is 282 g/mol. The van der Waals surface area contributed by atoms with Gasteiger partial charge in [0.1, 0.15) is 9.10 Å². The summed E-state index contributed by atoms with van der Waals surface area (Å²) in [6.07, 6.45) is 0. The number of amides is 1. The van der Waals surface area contributed by atoms with Crippen LogP contribution in [0.5, 0.6) is 0 Å². The van der Waals surface area contributed by atoms with Crippen LogP contribution in [0.25, 0.3) is 0 Å². The zero-order valence-corrected chi connectivity index (χ0v) is 8.46. The van der Waals surface area contributed by atoms with E-state index in [4.69, 9.17) is 11.6 Å². The molecule has 11 heavy (non-hydrogen) atoms. The SMILES string of the molecule is COC1=NC(=O)C(I)C(Cl)=N1. The third-order valence-corrected chi connectivity index (χ3v) is 2.81. The Bertz CT molecular complexity index is 251. The van der Waals surface area contributed by atoms with Crippen LogP contribution in [0.2, 0.25) is 0 Å². The highest BCUT2D eigenvalue weighted by atomic mass is 127. The van der Waals surface area contributed by atoms with Gasteiger partial charge in [0.05, 0.1) is 7.11 Å². The summed E-state index contributed by atoms with van der Waals surface area (Å²) in [5.41, 5.74) is 0. The van der Waals surface area contributed by atoms with Crippen LogP contribution >= 0.6 is 34.2 Å². The standard InChI is InChI=1S/C5H4ClIN2O2/c1-11-5-8-3(6)2(7)4(10)9-5/h2H,1H3. The summed E-state index contributed by atoms with van der Waals surface area (Å²) in [4.78, 5) is 18.2. The Labute approximate surface area is 81.8 Å². The second-order valence-corrected chi connectivity index (χ2v) is 3.37. The van der Waals surface area contributed by atoms with Crippen LogP contribution in [-0.4, -0.2) is 28.1 Å². The number of halogens is 2. The van der Waals surface area contributed by atoms with Gasteiger partial charge in [0.25, 0.3) is 5.91 Å². The Hall–Kier alpha value is -0.170. The summed E-state index contributed by atoms with van der Waals surface area (Å²) in [5.74, 6) is -0.331. The van der Waals surface area contributed by atoms with Crippen LogP contribution in [0.3, 0.4) is 0 Å². The summed E-state index contributed by atoms with van der Waals surface area (Å²) in [7, 11) is 1.38. The predicted molar refractivity (Wildman–Crippen MR) is 50.5 cm³/mol. The Morgan fingerprint density at radius 3 is 2.73 bits per heavy atom. The van der Waals surface area contributed by atoms with E-state index in [0.29, 0.717) is 0 Å². The lowest BCUT2D eigenvalue weighted by atomic mass is 10.4. The van der Waals surface area contributed by atoms with Crippen molar-refractivity contribution in [2.45, 2.75) is 3.92 Å². The number of carbonyl (C=O) groups excluding carboxylic acids is 1. The first-order valence-electron chi connectivity index (χ1n) is 2.70. The zero-order chi connectivity index (χ0) is 8.43. The molecule has 0 aromatic carbocycles. The predicted octanol–water partition coefficient (Wildman–Crippen LogP) is 0.970. The van der Waals surface area contributed by atoms with Crippen molar-refractivity contribution in [2.24, 2.45) is 9.98 Å². The van der Waals surface area contributed by atoms with Crippen molar-refractivity contribution >= 4 is 51.3 Å². The van der Waals surface area contributed by atoms with Crippen LogP contribution in [0.1, 0.15) is 0 Å². The molecule has 0 aromatic heterocycles. The van der Waals surface area contributed by atoms with Gasteiger partial charge in [-0.15, -0.1) is 0 Å². The Morgan fingerprint density at radius 1 is 1.64 bits per heavy atom. The summed E-state index contributed by atoms with van der Waals surface area (Å²) in [6, 6.07) is 0.0212. The number of alkyl halides is 1. The third-order valence-electron chi connectivity index (χ3n) is 1.02. The summed E-state index contributed by atoms with van der Waals surface area (Å²) >= 11 is 7.46. The van der Waals surface area contributed by atoms with Gasteiger partial charge in [-0.1, -0.05) is 34.2 Å². The quantitative estimate of drug-likeness (QED) is 0.492. The van der Waals surface area contributed by atoms with Gasteiger partial charge in [-0.2, -0.15) is 9.98 Å². The van der Waals surface area contributed by atoms with Crippen LogP contribution in [-0.2, 0) is 9.53 Å². The Morgan fingerprint density at radius 2 is 2.27 bits per heavy atom. The molecule has 1 atom stereocenters. The molecule has 1 rings (SSSR count). The molecule has 0 aliphatic carbocycles. The molecule has 1 heterocycles. The average Bonchev–Trinajstić information content (AvgIpc) is 1.99. The largest absolute Gasteiger partial charge is 0.467 e. The Balaban J connectivity index is 2.91. The van der Waals surface area contributed by atoms with E-state index in [1.807, 2.05) is 22.6 Å². The maximum Gasteiger partial charge on any atom is 0.320 e. The van der Waals surface area contributed by atoms with Crippen molar-refractivity contribution in [1.82, 2.24) is 0 Å². The van der Waals surface area contributed by atoms with Crippen LogP contribution < -0.4 is 0 Å². The molecule has 0 fully saturated rings. The fraction of sp³-hybridized carbons (Fsp3) is 0.400. The van der Waals surface area contributed by atoms with E-state index in [2.05, 4.69) is 14.7 Å². The van der Waals surface area contributed by atoms with Crippen LogP contribution in [0.4, 0.5) is 0 Å².